The third kappa shape index (κ3) is 5.12. The molecule has 90 valence electrons. The lowest BCUT2D eigenvalue weighted by molar-refractivity contribution is 0.135. The Labute approximate surface area is 96.4 Å². The average molecular weight is 256 g/mol. The van der Waals surface area contributed by atoms with Crippen LogP contribution in [0.15, 0.2) is 0 Å². The highest BCUT2D eigenvalue weighted by Gasteiger charge is 2.18. The number of rotatable bonds is 5. The zero-order chi connectivity index (χ0) is 11.3. The lowest BCUT2D eigenvalue weighted by atomic mass is 10.4. The van der Waals surface area contributed by atoms with Gasteiger partial charge in [0.2, 0.25) is 10.0 Å². The van der Waals surface area contributed by atoms with E-state index in [-0.39, 0.29) is 5.75 Å². The van der Waals surface area contributed by atoms with Crippen LogP contribution in [0.25, 0.3) is 0 Å². The molecule has 1 N–H and O–H groups in total. The first-order valence-electron chi connectivity index (χ1n) is 5.03. The van der Waals surface area contributed by atoms with Crippen molar-refractivity contribution in [2.75, 3.05) is 44.9 Å². The van der Waals surface area contributed by atoms with Crippen LogP contribution < -0.4 is 4.83 Å². The lowest BCUT2D eigenvalue weighted by Crippen LogP contribution is -2.52. The molecule has 5 nitrogen and oxygen atoms in total. The normalized spacial score (nSPS) is 20.7. The topological polar surface area (TPSA) is 52.6 Å². The van der Waals surface area contributed by atoms with Crippen LogP contribution in [-0.2, 0) is 10.0 Å². The minimum Gasteiger partial charge on any atom is -0.304 e. The Balaban J connectivity index is 2.34. The first kappa shape index (κ1) is 13.2. The Hall–Kier alpha value is 0.120. The Morgan fingerprint density at radius 3 is 2.40 bits per heavy atom. The predicted molar refractivity (Wildman–Crippen MR) is 61.3 cm³/mol. The molecule has 1 aliphatic heterocycles. The van der Waals surface area contributed by atoms with Gasteiger partial charge in [-0.25, -0.2) is 13.4 Å². The van der Waals surface area contributed by atoms with Crippen molar-refractivity contribution >= 4 is 21.6 Å². The molecule has 1 aliphatic rings. The van der Waals surface area contributed by atoms with E-state index in [2.05, 4.69) is 9.73 Å². The number of nitrogens with one attached hydrogen (secondary N) is 1. The summed E-state index contributed by atoms with van der Waals surface area (Å²) in [6, 6.07) is 0. The summed E-state index contributed by atoms with van der Waals surface area (Å²) in [5.74, 6) is 0.479. The van der Waals surface area contributed by atoms with Crippen molar-refractivity contribution in [2.24, 2.45) is 0 Å². The van der Waals surface area contributed by atoms with E-state index >= 15 is 0 Å². The van der Waals surface area contributed by atoms with Crippen LogP contribution in [0.3, 0.4) is 0 Å². The van der Waals surface area contributed by atoms with E-state index in [9.17, 15) is 8.42 Å². The summed E-state index contributed by atoms with van der Waals surface area (Å²) < 4.78 is 23.0. The molecule has 0 aliphatic carbocycles. The number of sulfonamides is 1. The van der Waals surface area contributed by atoms with Gasteiger partial charge in [-0.2, -0.15) is 0 Å². The molecule has 0 saturated carbocycles. The van der Waals surface area contributed by atoms with Gasteiger partial charge in [-0.1, -0.05) is 0 Å². The van der Waals surface area contributed by atoms with Gasteiger partial charge in [0.1, 0.15) is 0 Å². The van der Waals surface area contributed by atoms with Crippen LogP contribution >= 0.6 is 11.6 Å². The van der Waals surface area contributed by atoms with Crippen LogP contribution in [0.4, 0.5) is 0 Å². The van der Waals surface area contributed by atoms with Gasteiger partial charge < -0.3 is 4.90 Å². The van der Waals surface area contributed by atoms with E-state index in [0.717, 1.165) is 26.2 Å². The summed E-state index contributed by atoms with van der Waals surface area (Å²) >= 11 is 5.46. The third-order valence-electron chi connectivity index (χ3n) is 2.32. The highest BCUT2D eigenvalue weighted by atomic mass is 35.5. The van der Waals surface area contributed by atoms with E-state index < -0.39 is 10.0 Å². The smallest absolute Gasteiger partial charge is 0.224 e. The summed E-state index contributed by atoms with van der Waals surface area (Å²) in [5, 5.41) is 1.75. The van der Waals surface area contributed by atoms with Crippen molar-refractivity contribution in [3.8, 4) is 0 Å². The van der Waals surface area contributed by atoms with Gasteiger partial charge >= 0.3 is 0 Å². The molecule has 0 atom stereocenters. The number of alkyl halides is 1. The Morgan fingerprint density at radius 1 is 1.27 bits per heavy atom. The molecule has 0 spiro atoms. The zero-order valence-electron chi connectivity index (χ0n) is 8.95. The van der Waals surface area contributed by atoms with E-state index in [0.29, 0.717) is 12.3 Å². The minimum absolute atomic E-state index is 0.100. The molecule has 0 radical (unpaired) electrons. The van der Waals surface area contributed by atoms with Crippen molar-refractivity contribution in [1.29, 1.82) is 0 Å². The van der Waals surface area contributed by atoms with Gasteiger partial charge in [0.25, 0.3) is 0 Å². The number of nitrogens with zero attached hydrogens (tertiary/aromatic N) is 2. The fourth-order valence-corrected chi connectivity index (χ4v) is 2.87. The van der Waals surface area contributed by atoms with Crippen LogP contribution in [0, 0.1) is 0 Å². The summed E-state index contributed by atoms with van der Waals surface area (Å²) in [6.07, 6.45) is 0.491. The summed E-state index contributed by atoms with van der Waals surface area (Å²) in [7, 11) is -1.16. The van der Waals surface area contributed by atoms with Crippen molar-refractivity contribution < 1.29 is 8.42 Å². The fourth-order valence-electron chi connectivity index (χ4n) is 1.38. The molecule has 1 rings (SSSR count). The van der Waals surface area contributed by atoms with E-state index in [4.69, 9.17) is 11.6 Å². The van der Waals surface area contributed by atoms with Crippen LogP contribution in [0.1, 0.15) is 6.42 Å². The highest BCUT2D eigenvalue weighted by molar-refractivity contribution is 7.89. The summed E-state index contributed by atoms with van der Waals surface area (Å²) in [5.41, 5.74) is 0. The Bertz CT molecular complexity index is 276. The number of likely N-dealkylation sites (N-methyl/N-ethyl adjacent to an activating group) is 1. The molecular formula is C8H18ClN3O2S. The zero-order valence-corrected chi connectivity index (χ0v) is 10.5. The monoisotopic (exact) mass is 255 g/mol. The van der Waals surface area contributed by atoms with Gasteiger partial charge in [-0.05, 0) is 13.5 Å². The highest BCUT2D eigenvalue weighted by Crippen LogP contribution is 1.99. The number of piperazine rings is 1. The maximum Gasteiger partial charge on any atom is 0.224 e. The second kappa shape index (κ2) is 6.00. The van der Waals surface area contributed by atoms with Gasteiger partial charge in [0, 0.05) is 32.1 Å². The summed E-state index contributed by atoms with van der Waals surface area (Å²) in [6.45, 7) is 3.24. The quantitative estimate of drug-likeness (QED) is 0.686. The van der Waals surface area contributed by atoms with Gasteiger partial charge in [0.05, 0.1) is 5.75 Å². The standard InChI is InChI=1S/C8H18ClN3O2S/c1-11-4-6-12(7-5-11)10-15(13,14)8-2-3-9/h10H,2-8H2,1H3. The molecule has 1 heterocycles. The first-order chi connectivity index (χ1) is 7.03. The number of halogens is 1. The second-order valence-electron chi connectivity index (χ2n) is 3.74. The number of hydrogen-bond donors (Lipinski definition) is 1. The predicted octanol–water partition coefficient (Wildman–Crippen LogP) is -0.303. The number of hydrogen-bond acceptors (Lipinski definition) is 4. The van der Waals surface area contributed by atoms with E-state index in [1.54, 1.807) is 5.01 Å². The Morgan fingerprint density at radius 2 is 1.87 bits per heavy atom. The Kier molecular flexibility index (Phi) is 5.28. The molecule has 0 amide bonds. The van der Waals surface area contributed by atoms with Gasteiger partial charge in [0.15, 0.2) is 0 Å². The van der Waals surface area contributed by atoms with Crippen LogP contribution in [-0.4, -0.2) is 63.2 Å². The molecule has 0 aromatic rings. The van der Waals surface area contributed by atoms with E-state index in [1.807, 2.05) is 7.05 Å². The molecule has 15 heavy (non-hydrogen) atoms. The first-order valence-corrected chi connectivity index (χ1v) is 7.22. The number of hydrazine groups is 1. The van der Waals surface area contributed by atoms with Crippen molar-refractivity contribution in [3.63, 3.8) is 0 Å². The van der Waals surface area contributed by atoms with Gasteiger partial charge in [-0.15, -0.1) is 16.4 Å². The molecule has 0 bridgehead atoms. The average Bonchev–Trinajstić information content (AvgIpc) is 2.18. The molecule has 0 aromatic heterocycles. The van der Waals surface area contributed by atoms with Crippen molar-refractivity contribution in [1.82, 2.24) is 14.7 Å². The maximum absolute atomic E-state index is 11.5. The lowest BCUT2D eigenvalue weighted by Gasteiger charge is -2.32. The van der Waals surface area contributed by atoms with Crippen LogP contribution in [0.2, 0.25) is 0 Å². The maximum atomic E-state index is 11.5. The SMILES string of the molecule is CN1CCN(NS(=O)(=O)CCCCl)CC1. The van der Waals surface area contributed by atoms with Crippen LogP contribution in [0.5, 0.6) is 0 Å². The molecule has 1 saturated heterocycles. The van der Waals surface area contributed by atoms with Crippen molar-refractivity contribution in [3.05, 3.63) is 0 Å². The molecule has 0 aromatic carbocycles. The summed E-state index contributed by atoms with van der Waals surface area (Å²) in [4.78, 5) is 4.74. The van der Waals surface area contributed by atoms with E-state index in [1.165, 1.54) is 0 Å². The molecule has 1 fully saturated rings. The minimum atomic E-state index is -3.19. The largest absolute Gasteiger partial charge is 0.304 e. The molecule has 0 unspecified atom stereocenters. The fraction of sp³-hybridized carbons (Fsp3) is 1.00. The molecule has 7 heteroatoms. The second-order valence-corrected chi connectivity index (χ2v) is 5.94. The third-order valence-corrected chi connectivity index (χ3v) is 3.95. The van der Waals surface area contributed by atoms with Gasteiger partial charge in [-0.3, -0.25) is 0 Å². The molecular weight excluding hydrogens is 238 g/mol. The van der Waals surface area contributed by atoms with Crippen molar-refractivity contribution in [2.45, 2.75) is 6.42 Å².